The van der Waals surface area contributed by atoms with Gasteiger partial charge in [-0.25, -0.2) is 13.1 Å². The van der Waals surface area contributed by atoms with Crippen molar-refractivity contribution >= 4 is 33.1 Å². The Balaban J connectivity index is 2.12. The Labute approximate surface area is 123 Å². The van der Waals surface area contributed by atoms with E-state index in [-0.39, 0.29) is 6.04 Å². The third-order valence-corrected chi connectivity index (χ3v) is 7.53. The van der Waals surface area contributed by atoms with E-state index in [9.17, 15) is 8.42 Å². The fourth-order valence-corrected chi connectivity index (χ4v) is 6.13. The second-order valence-electron chi connectivity index (χ2n) is 4.74. The fraction of sp³-hybridized carbons (Fsp3) is 0.667. The third-order valence-electron chi connectivity index (χ3n) is 3.08. The van der Waals surface area contributed by atoms with Gasteiger partial charge in [0.05, 0.1) is 0 Å². The average molecular weight is 321 g/mol. The minimum atomic E-state index is -3.35. The van der Waals surface area contributed by atoms with Crippen LogP contribution in [0, 0.1) is 6.92 Å². The molecule has 0 aromatic carbocycles. The number of hydrogen-bond acceptors (Lipinski definition) is 5. The van der Waals surface area contributed by atoms with Gasteiger partial charge in [0.1, 0.15) is 4.21 Å². The second-order valence-corrected chi connectivity index (χ2v) is 8.96. The van der Waals surface area contributed by atoms with Crippen molar-refractivity contribution in [1.82, 2.24) is 10.0 Å². The monoisotopic (exact) mass is 320 g/mol. The number of aryl methyl sites for hydroxylation is 1. The molecule has 2 heterocycles. The molecular weight excluding hydrogens is 300 g/mol. The first-order chi connectivity index (χ1) is 9.03. The number of rotatable bonds is 5. The average Bonchev–Trinajstić information content (AvgIpc) is 2.73. The highest BCUT2D eigenvalue weighted by Gasteiger charge is 2.24. The lowest BCUT2D eigenvalue weighted by Gasteiger charge is -2.21. The molecule has 1 unspecified atom stereocenters. The summed E-state index contributed by atoms with van der Waals surface area (Å²) in [6, 6.07) is 1.86. The fourth-order valence-electron chi connectivity index (χ4n) is 2.07. The summed E-state index contributed by atoms with van der Waals surface area (Å²) in [4.78, 5) is 1.08. The Kier molecular flexibility index (Phi) is 5.30. The molecule has 1 aliphatic rings. The molecule has 1 saturated heterocycles. The number of hydrogen-bond donors (Lipinski definition) is 2. The van der Waals surface area contributed by atoms with Gasteiger partial charge in [-0.05, 0) is 44.2 Å². The standard InChI is InChI=1S/C12H20N2O2S3/c1-9-6-12(18-11(9)7-13-2)19(15,16)14-10-4-3-5-17-8-10/h6,10,13-14H,3-5,7-8H2,1-2H3. The first kappa shape index (κ1) is 15.3. The highest BCUT2D eigenvalue weighted by atomic mass is 32.2. The Morgan fingerprint density at radius 2 is 2.26 bits per heavy atom. The van der Waals surface area contributed by atoms with Crippen molar-refractivity contribution in [2.24, 2.45) is 0 Å². The quantitative estimate of drug-likeness (QED) is 0.871. The molecule has 1 aromatic rings. The molecule has 7 heteroatoms. The van der Waals surface area contributed by atoms with E-state index < -0.39 is 10.0 Å². The van der Waals surface area contributed by atoms with Crippen LogP contribution in [0.15, 0.2) is 10.3 Å². The largest absolute Gasteiger partial charge is 0.315 e. The predicted molar refractivity (Wildman–Crippen MR) is 82.5 cm³/mol. The SMILES string of the molecule is CNCc1sc(S(=O)(=O)NC2CCCSC2)cc1C. The van der Waals surface area contributed by atoms with E-state index in [1.165, 1.54) is 11.3 Å². The lowest BCUT2D eigenvalue weighted by atomic mass is 10.2. The van der Waals surface area contributed by atoms with E-state index in [1.54, 1.807) is 6.07 Å². The molecule has 0 amide bonds. The van der Waals surface area contributed by atoms with Crippen LogP contribution in [0.25, 0.3) is 0 Å². The minimum Gasteiger partial charge on any atom is -0.315 e. The van der Waals surface area contributed by atoms with Crippen LogP contribution in [0.2, 0.25) is 0 Å². The van der Waals surface area contributed by atoms with E-state index in [4.69, 9.17) is 0 Å². The molecule has 4 nitrogen and oxygen atoms in total. The van der Waals surface area contributed by atoms with Gasteiger partial charge in [0.2, 0.25) is 10.0 Å². The molecule has 0 spiro atoms. The molecule has 0 radical (unpaired) electrons. The smallest absolute Gasteiger partial charge is 0.250 e. The van der Waals surface area contributed by atoms with Gasteiger partial charge in [0.15, 0.2) is 0 Å². The maximum atomic E-state index is 12.3. The number of nitrogens with one attached hydrogen (secondary N) is 2. The van der Waals surface area contributed by atoms with Crippen LogP contribution in [-0.2, 0) is 16.6 Å². The Morgan fingerprint density at radius 3 is 2.89 bits per heavy atom. The van der Waals surface area contributed by atoms with E-state index in [0.29, 0.717) is 10.8 Å². The van der Waals surface area contributed by atoms with Gasteiger partial charge in [-0.15, -0.1) is 11.3 Å². The van der Waals surface area contributed by atoms with Crippen LogP contribution in [0.3, 0.4) is 0 Å². The minimum absolute atomic E-state index is 0.0823. The van der Waals surface area contributed by atoms with Gasteiger partial charge in [-0.2, -0.15) is 11.8 Å². The first-order valence-corrected chi connectivity index (χ1v) is 9.82. The summed E-state index contributed by atoms with van der Waals surface area (Å²) in [6.45, 7) is 2.67. The summed E-state index contributed by atoms with van der Waals surface area (Å²) in [6.07, 6.45) is 2.03. The Bertz CT molecular complexity index is 519. The Hall–Kier alpha value is -0.0800. The summed E-state index contributed by atoms with van der Waals surface area (Å²) in [7, 11) is -1.49. The van der Waals surface area contributed by atoms with Crippen molar-refractivity contribution in [2.45, 2.75) is 36.6 Å². The van der Waals surface area contributed by atoms with Crippen molar-refractivity contribution < 1.29 is 8.42 Å². The van der Waals surface area contributed by atoms with E-state index >= 15 is 0 Å². The van der Waals surface area contributed by atoms with Gasteiger partial charge < -0.3 is 5.32 Å². The van der Waals surface area contributed by atoms with Crippen LogP contribution in [0.5, 0.6) is 0 Å². The lowest BCUT2D eigenvalue weighted by Crippen LogP contribution is -2.37. The summed E-state index contributed by atoms with van der Waals surface area (Å²) in [5.41, 5.74) is 1.04. The molecule has 2 rings (SSSR count). The summed E-state index contributed by atoms with van der Waals surface area (Å²) >= 11 is 3.18. The van der Waals surface area contributed by atoms with Crippen molar-refractivity contribution in [2.75, 3.05) is 18.6 Å². The topological polar surface area (TPSA) is 58.2 Å². The molecule has 0 aliphatic carbocycles. The normalized spacial score (nSPS) is 20.6. The first-order valence-electron chi connectivity index (χ1n) is 6.37. The summed E-state index contributed by atoms with van der Waals surface area (Å²) in [5.74, 6) is 2.02. The Morgan fingerprint density at radius 1 is 1.47 bits per heavy atom. The van der Waals surface area contributed by atoms with Crippen LogP contribution in [0.1, 0.15) is 23.3 Å². The van der Waals surface area contributed by atoms with Crippen molar-refractivity contribution in [3.8, 4) is 0 Å². The molecule has 108 valence electrons. The van der Waals surface area contributed by atoms with Gasteiger partial charge in [0.25, 0.3) is 0 Å². The van der Waals surface area contributed by atoms with Crippen LogP contribution in [0.4, 0.5) is 0 Å². The number of thiophene rings is 1. The third kappa shape index (κ3) is 3.95. The van der Waals surface area contributed by atoms with E-state index in [2.05, 4.69) is 10.0 Å². The zero-order valence-corrected chi connectivity index (χ0v) is 13.7. The molecule has 0 saturated carbocycles. The van der Waals surface area contributed by atoms with Gasteiger partial charge in [-0.3, -0.25) is 0 Å². The molecule has 1 atom stereocenters. The van der Waals surface area contributed by atoms with Crippen LogP contribution >= 0.6 is 23.1 Å². The molecule has 0 bridgehead atoms. The van der Waals surface area contributed by atoms with Crippen LogP contribution < -0.4 is 10.0 Å². The van der Waals surface area contributed by atoms with Gasteiger partial charge in [-0.1, -0.05) is 0 Å². The zero-order chi connectivity index (χ0) is 13.9. The van der Waals surface area contributed by atoms with Crippen molar-refractivity contribution in [1.29, 1.82) is 0 Å². The van der Waals surface area contributed by atoms with E-state index in [1.807, 2.05) is 25.7 Å². The predicted octanol–water partition coefficient (Wildman–Crippen LogP) is 1.95. The highest BCUT2D eigenvalue weighted by molar-refractivity contribution is 7.99. The molecule has 19 heavy (non-hydrogen) atoms. The molecule has 1 aliphatic heterocycles. The van der Waals surface area contributed by atoms with Crippen LogP contribution in [-0.4, -0.2) is 33.0 Å². The summed E-state index contributed by atoms with van der Waals surface area (Å²) < 4.78 is 28.0. The van der Waals surface area contributed by atoms with Crippen molar-refractivity contribution in [3.05, 3.63) is 16.5 Å². The van der Waals surface area contributed by atoms with E-state index in [0.717, 1.165) is 34.8 Å². The molecular formula is C12H20N2O2S3. The summed E-state index contributed by atoms with van der Waals surface area (Å²) in [5, 5.41) is 3.06. The zero-order valence-electron chi connectivity index (χ0n) is 11.2. The second kappa shape index (κ2) is 6.58. The van der Waals surface area contributed by atoms with Gasteiger partial charge >= 0.3 is 0 Å². The number of sulfonamides is 1. The van der Waals surface area contributed by atoms with Crippen molar-refractivity contribution in [3.63, 3.8) is 0 Å². The molecule has 1 aromatic heterocycles. The maximum absolute atomic E-state index is 12.3. The van der Waals surface area contributed by atoms with Gasteiger partial charge in [0, 0.05) is 23.2 Å². The lowest BCUT2D eigenvalue weighted by molar-refractivity contribution is 0.545. The number of thioether (sulfide) groups is 1. The molecule has 1 fully saturated rings. The maximum Gasteiger partial charge on any atom is 0.250 e. The molecule has 2 N–H and O–H groups in total. The highest BCUT2D eigenvalue weighted by Crippen LogP contribution is 2.27.